The molecule has 0 atom stereocenters. The first-order chi connectivity index (χ1) is 11.2. The minimum Gasteiger partial charge on any atom is -0.372 e. The number of hydrogen-bond acceptors (Lipinski definition) is 6. The van der Waals surface area contributed by atoms with E-state index in [9.17, 15) is 10.1 Å². The lowest BCUT2D eigenvalue weighted by molar-refractivity contribution is -0.384. The van der Waals surface area contributed by atoms with Gasteiger partial charge >= 0.3 is 5.69 Å². The lowest BCUT2D eigenvalue weighted by Gasteiger charge is -2.17. The van der Waals surface area contributed by atoms with Crippen LogP contribution in [0.4, 0.5) is 17.2 Å². The summed E-state index contributed by atoms with van der Waals surface area (Å²) in [5, 5.41) is 18.8. The van der Waals surface area contributed by atoms with Crippen molar-refractivity contribution in [1.29, 1.82) is 0 Å². The van der Waals surface area contributed by atoms with Crippen molar-refractivity contribution in [3.8, 4) is 0 Å². The maximum atomic E-state index is 10.9. The number of anilines is 1. The largest absolute Gasteiger partial charge is 0.372 e. The number of nitro groups is 1. The van der Waals surface area contributed by atoms with E-state index in [1.807, 2.05) is 12.1 Å². The molecule has 1 aliphatic heterocycles. The van der Waals surface area contributed by atoms with Gasteiger partial charge in [0.05, 0.1) is 11.5 Å². The van der Waals surface area contributed by atoms with Crippen molar-refractivity contribution >= 4 is 17.2 Å². The van der Waals surface area contributed by atoms with Crippen molar-refractivity contribution < 1.29 is 4.92 Å². The van der Waals surface area contributed by atoms with E-state index in [4.69, 9.17) is 0 Å². The molecular weight excluding hydrogens is 294 g/mol. The molecule has 118 valence electrons. The number of aromatic nitrogens is 1. The van der Waals surface area contributed by atoms with Crippen LogP contribution in [0.2, 0.25) is 0 Å². The minimum absolute atomic E-state index is 0.0335. The molecule has 2 aromatic rings. The summed E-state index contributed by atoms with van der Waals surface area (Å²) in [7, 11) is 0. The summed E-state index contributed by atoms with van der Waals surface area (Å²) in [5.41, 5.74) is 2.10. The fourth-order valence-corrected chi connectivity index (χ4v) is 2.58. The maximum Gasteiger partial charge on any atom is 0.315 e. The van der Waals surface area contributed by atoms with Gasteiger partial charge in [0, 0.05) is 31.0 Å². The van der Waals surface area contributed by atoms with E-state index in [0.29, 0.717) is 6.54 Å². The second-order valence-corrected chi connectivity index (χ2v) is 5.36. The van der Waals surface area contributed by atoms with Gasteiger partial charge in [-0.15, -0.1) is 5.11 Å². The van der Waals surface area contributed by atoms with Crippen molar-refractivity contribution in [3.05, 3.63) is 58.3 Å². The highest BCUT2D eigenvalue weighted by molar-refractivity contribution is 5.50. The third kappa shape index (κ3) is 3.68. The SMILES string of the molecule is O=[N+]([O-])c1cccnc1N=NCc1ccc(N2CCCC2)cc1. The zero-order valence-electron chi connectivity index (χ0n) is 12.6. The molecule has 0 saturated carbocycles. The second kappa shape index (κ2) is 6.95. The van der Waals surface area contributed by atoms with Crippen LogP contribution < -0.4 is 4.90 Å². The molecule has 1 aromatic heterocycles. The standard InChI is InChI=1S/C16H17N5O2/c22-21(23)15-4-3-9-17-16(15)19-18-12-13-5-7-14(8-6-13)20-10-1-2-11-20/h3-9H,1-2,10-12H2. The Labute approximate surface area is 133 Å². The Kier molecular flexibility index (Phi) is 4.56. The summed E-state index contributed by atoms with van der Waals surface area (Å²) in [5.74, 6) is 0.0335. The predicted molar refractivity (Wildman–Crippen MR) is 87.0 cm³/mol. The fraction of sp³-hybridized carbons (Fsp3) is 0.312. The number of benzene rings is 1. The van der Waals surface area contributed by atoms with Crippen molar-refractivity contribution in [2.75, 3.05) is 18.0 Å². The van der Waals surface area contributed by atoms with Crippen molar-refractivity contribution in [2.24, 2.45) is 10.2 Å². The molecule has 0 N–H and O–H groups in total. The van der Waals surface area contributed by atoms with Crippen LogP contribution >= 0.6 is 0 Å². The third-order valence-corrected chi connectivity index (χ3v) is 3.79. The number of pyridine rings is 1. The van der Waals surface area contributed by atoms with E-state index in [1.54, 1.807) is 0 Å². The zero-order valence-corrected chi connectivity index (χ0v) is 12.6. The van der Waals surface area contributed by atoms with Crippen LogP contribution in [0.15, 0.2) is 52.8 Å². The van der Waals surface area contributed by atoms with Crippen molar-refractivity contribution in [3.63, 3.8) is 0 Å². The van der Waals surface area contributed by atoms with Crippen LogP contribution in [-0.4, -0.2) is 23.0 Å². The fourth-order valence-electron chi connectivity index (χ4n) is 2.58. The highest BCUT2D eigenvalue weighted by Crippen LogP contribution is 2.24. The first kappa shape index (κ1) is 15.1. The molecular formula is C16H17N5O2. The first-order valence-electron chi connectivity index (χ1n) is 7.55. The average Bonchev–Trinajstić information content (AvgIpc) is 3.10. The summed E-state index contributed by atoms with van der Waals surface area (Å²) >= 11 is 0. The van der Waals surface area contributed by atoms with Crippen LogP contribution in [0, 0.1) is 10.1 Å². The van der Waals surface area contributed by atoms with Gasteiger partial charge in [-0.25, -0.2) is 4.98 Å². The van der Waals surface area contributed by atoms with Gasteiger partial charge in [0.15, 0.2) is 0 Å². The quantitative estimate of drug-likeness (QED) is 0.476. The Morgan fingerprint density at radius 1 is 1.17 bits per heavy atom. The van der Waals surface area contributed by atoms with Gasteiger partial charge in [0.2, 0.25) is 0 Å². The van der Waals surface area contributed by atoms with Gasteiger partial charge in [0.1, 0.15) is 0 Å². The topological polar surface area (TPSA) is 84.0 Å². The molecule has 0 amide bonds. The number of hydrogen-bond donors (Lipinski definition) is 0. The highest BCUT2D eigenvalue weighted by Gasteiger charge is 2.13. The average molecular weight is 311 g/mol. The van der Waals surface area contributed by atoms with E-state index >= 15 is 0 Å². The summed E-state index contributed by atoms with van der Waals surface area (Å²) in [6, 6.07) is 11.1. The maximum absolute atomic E-state index is 10.9. The van der Waals surface area contributed by atoms with Gasteiger partial charge < -0.3 is 4.90 Å². The van der Waals surface area contributed by atoms with E-state index in [1.165, 1.54) is 36.9 Å². The molecule has 1 aliphatic rings. The van der Waals surface area contributed by atoms with E-state index < -0.39 is 4.92 Å². The van der Waals surface area contributed by atoms with Crippen LogP contribution in [0.5, 0.6) is 0 Å². The summed E-state index contributed by atoms with van der Waals surface area (Å²) in [6.45, 7) is 2.60. The molecule has 1 aromatic carbocycles. The molecule has 0 radical (unpaired) electrons. The van der Waals surface area contributed by atoms with Crippen LogP contribution in [-0.2, 0) is 6.54 Å². The number of azo groups is 1. The Bertz CT molecular complexity index is 709. The molecule has 0 spiro atoms. The second-order valence-electron chi connectivity index (χ2n) is 5.36. The Morgan fingerprint density at radius 3 is 2.61 bits per heavy atom. The van der Waals surface area contributed by atoms with Crippen molar-refractivity contribution in [2.45, 2.75) is 19.4 Å². The van der Waals surface area contributed by atoms with E-state index in [2.05, 4.69) is 32.2 Å². The van der Waals surface area contributed by atoms with Gasteiger partial charge in [-0.2, -0.15) is 5.11 Å². The lowest BCUT2D eigenvalue weighted by atomic mass is 10.2. The molecule has 7 nitrogen and oxygen atoms in total. The zero-order chi connectivity index (χ0) is 16.1. The first-order valence-corrected chi connectivity index (χ1v) is 7.55. The van der Waals surface area contributed by atoms with Crippen molar-refractivity contribution in [1.82, 2.24) is 4.98 Å². The normalized spacial score (nSPS) is 14.5. The summed E-state index contributed by atoms with van der Waals surface area (Å²) in [4.78, 5) is 16.6. The monoisotopic (exact) mass is 311 g/mol. The molecule has 0 aliphatic carbocycles. The molecule has 23 heavy (non-hydrogen) atoms. The molecule has 0 unspecified atom stereocenters. The van der Waals surface area contributed by atoms with Gasteiger partial charge in [0.25, 0.3) is 5.82 Å². The third-order valence-electron chi connectivity index (χ3n) is 3.79. The summed E-state index contributed by atoms with van der Waals surface area (Å²) in [6.07, 6.45) is 3.96. The van der Waals surface area contributed by atoms with Crippen LogP contribution in [0.1, 0.15) is 18.4 Å². The molecule has 7 heteroatoms. The van der Waals surface area contributed by atoms with Crippen LogP contribution in [0.25, 0.3) is 0 Å². The van der Waals surface area contributed by atoms with Gasteiger partial charge in [-0.1, -0.05) is 12.1 Å². The Hall–Kier alpha value is -2.83. The van der Waals surface area contributed by atoms with E-state index in [0.717, 1.165) is 18.7 Å². The number of rotatable bonds is 5. The minimum atomic E-state index is -0.508. The lowest BCUT2D eigenvalue weighted by Crippen LogP contribution is -2.17. The molecule has 2 heterocycles. The Morgan fingerprint density at radius 2 is 1.91 bits per heavy atom. The molecule has 3 rings (SSSR count). The molecule has 1 saturated heterocycles. The summed E-state index contributed by atoms with van der Waals surface area (Å²) < 4.78 is 0. The van der Waals surface area contributed by atoms with Gasteiger partial charge in [-0.05, 0) is 36.6 Å². The Balaban J connectivity index is 1.65. The highest BCUT2D eigenvalue weighted by atomic mass is 16.6. The van der Waals surface area contributed by atoms with Crippen LogP contribution in [0.3, 0.4) is 0 Å². The van der Waals surface area contributed by atoms with E-state index in [-0.39, 0.29) is 11.5 Å². The number of nitrogens with zero attached hydrogens (tertiary/aromatic N) is 5. The van der Waals surface area contributed by atoms with Gasteiger partial charge in [-0.3, -0.25) is 10.1 Å². The predicted octanol–water partition coefficient (Wildman–Crippen LogP) is 3.87. The molecule has 0 bridgehead atoms. The molecule has 1 fully saturated rings. The smallest absolute Gasteiger partial charge is 0.315 e.